The summed E-state index contributed by atoms with van der Waals surface area (Å²) in [7, 11) is 0. The van der Waals surface area contributed by atoms with E-state index >= 15 is 0 Å². The molecule has 90 valence electrons. The van der Waals surface area contributed by atoms with Gasteiger partial charge in [0.25, 0.3) is 5.91 Å². The molecule has 1 fully saturated rings. The van der Waals surface area contributed by atoms with Crippen molar-refractivity contribution >= 4 is 17.7 Å². The third-order valence-electron chi connectivity index (χ3n) is 2.42. The number of hydrogen-bond acceptors (Lipinski definition) is 5. The summed E-state index contributed by atoms with van der Waals surface area (Å²) < 4.78 is 0. The van der Waals surface area contributed by atoms with E-state index in [4.69, 9.17) is 5.84 Å². The first kappa shape index (κ1) is 12.6. The number of nitrogens with zero attached hydrogens (tertiary/aromatic N) is 1. The first-order chi connectivity index (χ1) is 7.58. The molecule has 1 unspecified atom stereocenters. The third-order valence-corrected chi connectivity index (χ3v) is 2.42. The normalized spacial score (nSPS) is 19.1. The molecule has 0 saturated carbocycles. The van der Waals surface area contributed by atoms with Crippen molar-refractivity contribution in [3.8, 4) is 0 Å². The molecule has 0 aromatic heterocycles. The molecule has 1 aliphatic heterocycles. The fourth-order valence-corrected chi connectivity index (χ4v) is 1.73. The summed E-state index contributed by atoms with van der Waals surface area (Å²) in [6.45, 7) is 2.01. The monoisotopic (exact) mass is 228 g/mol. The summed E-state index contributed by atoms with van der Waals surface area (Å²) in [6.07, 6.45) is 1.33. The average Bonchev–Trinajstić information content (AvgIpc) is 2.23. The van der Waals surface area contributed by atoms with Crippen LogP contribution < -0.4 is 16.6 Å². The molecule has 0 bridgehead atoms. The molecule has 0 aromatic carbocycles. The molecule has 1 rings (SSSR count). The summed E-state index contributed by atoms with van der Waals surface area (Å²) in [5, 5.41) is 2.18. The van der Waals surface area contributed by atoms with Crippen LogP contribution in [-0.4, -0.2) is 41.8 Å². The van der Waals surface area contributed by atoms with Gasteiger partial charge in [0, 0.05) is 0 Å². The number of hydrazine groups is 1. The molecule has 1 heterocycles. The second kappa shape index (κ2) is 5.57. The van der Waals surface area contributed by atoms with Crippen LogP contribution in [0.15, 0.2) is 0 Å². The van der Waals surface area contributed by atoms with E-state index < -0.39 is 6.04 Å². The van der Waals surface area contributed by atoms with Crippen LogP contribution in [0.1, 0.15) is 19.8 Å². The fraction of sp³-hybridized carbons (Fsp3) is 0.667. The summed E-state index contributed by atoms with van der Waals surface area (Å²) >= 11 is 0. The minimum absolute atomic E-state index is 0.0455. The van der Waals surface area contributed by atoms with Gasteiger partial charge in [-0.15, -0.1) is 0 Å². The zero-order valence-corrected chi connectivity index (χ0v) is 9.16. The van der Waals surface area contributed by atoms with Gasteiger partial charge in [-0.3, -0.25) is 30.0 Å². The standard InChI is InChI=1S/C9H16N4O3/c1-2-3-6(9(16)12-10)13-4-7(14)11-8(15)5-13/h6H,2-5,10H2,1H3,(H,12,16)(H,11,14,15). The molecular weight excluding hydrogens is 212 g/mol. The Bertz CT molecular complexity index is 289. The molecular formula is C9H16N4O3. The first-order valence-corrected chi connectivity index (χ1v) is 5.15. The highest BCUT2D eigenvalue weighted by molar-refractivity contribution is 6.00. The van der Waals surface area contributed by atoms with Crippen LogP contribution in [0.2, 0.25) is 0 Å². The molecule has 0 aliphatic carbocycles. The van der Waals surface area contributed by atoms with Crippen molar-refractivity contribution in [1.82, 2.24) is 15.6 Å². The van der Waals surface area contributed by atoms with E-state index in [2.05, 4.69) is 10.7 Å². The van der Waals surface area contributed by atoms with Crippen LogP contribution in [0, 0.1) is 0 Å². The predicted octanol–water partition coefficient (Wildman–Crippen LogP) is -1.90. The number of carbonyl (C=O) groups excluding carboxylic acids is 3. The molecule has 0 radical (unpaired) electrons. The molecule has 4 N–H and O–H groups in total. The lowest BCUT2D eigenvalue weighted by atomic mass is 10.1. The fourth-order valence-electron chi connectivity index (χ4n) is 1.73. The van der Waals surface area contributed by atoms with Crippen LogP contribution in [0.3, 0.4) is 0 Å². The molecule has 1 aliphatic rings. The van der Waals surface area contributed by atoms with Gasteiger partial charge >= 0.3 is 0 Å². The minimum atomic E-state index is -0.523. The number of nitrogens with one attached hydrogen (secondary N) is 2. The Hall–Kier alpha value is -1.47. The Morgan fingerprint density at radius 2 is 2.06 bits per heavy atom. The maximum Gasteiger partial charge on any atom is 0.251 e. The van der Waals surface area contributed by atoms with Crippen LogP contribution in [0.25, 0.3) is 0 Å². The van der Waals surface area contributed by atoms with Gasteiger partial charge in [-0.2, -0.15) is 0 Å². The lowest BCUT2D eigenvalue weighted by molar-refractivity contribution is -0.139. The Kier molecular flexibility index (Phi) is 4.39. The molecule has 3 amide bonds. The number of piperazine rings is 1. The van der Waals surface area contributed by atoms with E-state index in [-0.39, 0.29) is 30.8 Å². The average molecular weight is 228 g/mol. The highest BCUT2D eigenvalue weighted by Gasteiger charge is 2.31. The topological polar surface area (TPSA) is 105 Å². The van der Waals surface area contributed by atoms with E-state index in [0.717, 1.165) is 6.42 Å². The first-order valence-electron chi connectivity index (χ1n) is 5.15. The highest BCUT2D eigenvalue weighted by Crippen LogP contribution is 2.09. The summed E-state index contributed by atoms with van der Waals surface area (Å²) in [4.78, 5) is 35.4. The van der Waals surface area contributed by atoms with Crippen molar-refractivity contribution in [2.45, 2.75) is 25.8 Å². The smallest absolute Gasteiger partial charge is 0.251 e. The number of rotatable bonds is 4. The van der Waals surface area contributed by atoms with Gasteiger partial charge < -0.3 is 0 Å². The summed E-state index contributed by atoms with van der Waals surface area (Å²) in [5.41, 5.74) is 2.05. The minimum Gasteiger partial charge on any atom is -0.294 e. The van der Waals surface area contributed by atoms with E-state index in [9.17, 15) is 14.4 Å². The van der Waals surface area contributed by atoms with Gasteiger partial charge in [0.2, 0.25) is 11.8 Å². The van der Waals surface area contributed by atoms with Crippen LogP contribution in [-0.2, 0) is 14.4 Å². The van der Waals surface area contributed by atoms with Crippen molar-refractivity contribution < 1.29 is 14.4 Å². The van der Waals surface area contributed by atoms with Gasteiger partial charge in [-0.1, -0.05) is 13.3 Å². The molecule has 0 spiro atoms. The number of amides is 3. The van der Waals surface area contributed by atoms with Crippen LogP contribution >= 0.6 is 0 Å². The SMILES string of the molecule is CCCC(C(=O)NN)N1CC(=O)NC(=O)C1. The molecule has 0 aromatic rings. The second-order valence-electron chi connectivity index (χ2n) is 3.69. The van der Waals surface area contributed by atoms with Gasteiger partial charge in [-0.25, -0.2) is 5.84 Å². The second-order valence-corrected chi connectivity index (χ2v) is 3.69. The Balaban J connectivity index is 2.73. The number of imide groups is 1. The lowest BCUT2D eigenvalue weighted by Crippen LogP contribution is -2.58. The number of nitrogens with two attached hydrogens (primary N) is 1. The van der Waals surface area contributed by atoms with Crippen molar-refractivity contribution in [2.24, 2.45) is 5.84 Å². The van der Waals surface area contributed by atoms with Crippen LogP contribution in [0.4, 0.5) is 0 Å². The van der Waals surface area contributed by atoms with Gasteiger partial charge in [0.1, 0.15) is 0 Å². The maximum absolute atomic E-state index is 11.5. The van der Waals surface area contributed by atoms with E-state index in [1.54, 1.807) is 0 Å². The van der Waals surface area contributed by atoms with Gasteiger partial charge in [0.15, 0.2) is 0 Å². The predicted molar refractivity (Wildman–Crippen MR) is 55.7 cm³/mol. The van der Waals surface area contributed by atoms with Crippen molar-refractivity contribution in [3.63, 3.8) is 0 Å². The van der Waals surface area contributed by atoms with E-state index in [1.165, 1.54) is 4.90 Å². The maximum atomic E-state index is 11.5. The molecule has 7 nitrogen and oxygen atoms in total. The van der Waals surface area contributed by atoms with E-state index in [0.29, 0.717) is 6.42 Å². The zero-order chi connectivity index (χ0) is 12.1. The largest absolute Gasteiger partial charge is 0.294 e. The Morgan fingerprint density at radius 1 is 1.50 bits per heavy atom. The molecule has 7 heteroatoms. The third kappa shape index (κ3) is 3.01. The Morgan fingerprint density at radius 3 is 2.50 bits per heavy atom. The number of hydrogen-bond donors (Lipinski definition) is 3. The molecule has 1 saturated heterocycles. The molecule has 16 heavy (non-hydrogen) atoms. The summed E-state index contributed by atoms with van der Waals surface area (Å²) in [6, 6.07) is -0.523. The van der Waals surface area contributed by atoms with Gasteiger partial charge in [-0.05, 0) is 6.42 Å². The highest BCUT2D eigenvalue weighted by atomic mass is 16.2. The molecule has 1 atom stereocenters. The van der Waals surface area contributed by atoms with Crippen molar-refractivity contribution in [3.05, 3.63) is 0 Å². The van der Waals surface area contributed by atoms with Crippen LogP contribution in [0.5, 0.6) is 0 Å². The van der Waals surface area contributed by atoms with E-state index in [1.807, 2.05) is 6.92 Å². The quantitative estimate of drug-likeness (QED) is 0.226. The van der Waals surface area contributed by atoms with Crippen molar-refractivity contribution in [2.75, 3.05) is 13.1 Å². The zero-order valence-electron chi connectivity index (χ0n) is 9.16. The Labute approximate surface area is 93.3 Å². The lowest BCUT2D eigenvalue weighted by Gasteiger charge is -2.31. The number of carbonyl (C=O) groups is 3. The van der Waals surface area contributed by atoms with Crippen molar-refractivity contribution in [1.29, 1.82) is 0 Å². The summed E-state index contributed by atoms with van der Waals surface area (Å²) in [5.74, 6) is 3.92. The van der Waals surface area contributed by atoms with Gasteiger partial charge in [0.05, 0.1) is 19.1 Å².